The van der Waals surface area contributed by atoms with Gasteiger partial charge in [0, 0.05) is 11.8 Å². The Bertz CT molecular complexity index is 213. The fraction of sp³-hybridized carbons (Fsp3) is 0.909. The van der Waals surface area contributed by atoms with Crippen LogP contribution in [0.3, 0.4) is 0 Å². The van der Waals surface area contributed by atoms with E-state index in [0.717, 1.165) is 18.7 Å². The third-order valence-corrected chi connectivity index (χ3v) is 3.90. The number of hydrogen-bond acceptors (Lipinski definition) is 3. The van der Waals surface area contributed by atoms with Gasteiger partial charge in [-0.25, -0.2) is 0 Å². The van der Waals surface area contributed by atoms with E-state index in [9.17, 15) is 4.79 Å². The number of nitrogens with one attached hydrogen (secondary N) is 2. The number of carbonyl (C=O) groups is 1. The van der Waals surface area contributed by atoms with Crippen molar-refractivity contribution in [2.24, 2.45) is 0 Å². The van der Waals surface area contributed by atoms with E-state index in [1.54, 1.807) is 0 Å². The molecule has 0 aromatic heterocycles. The molecule has 0 aliphatic carbocycles. The Kier molecular flexibility index (Phi) is 4.93. The van der Waals surface area contributed by atoms with E-state index >= 15 is 0 Å². The van der Waals surface area contributed by atoms with E-state index in [2.05, 4.69) is 10.6 Å². The van der Waals surface area contributed by atoms with Crippen molar-refractivity contribution in [3.8, 4) is 0 Å². The molecule has 1 fully saturated rings. The molecule has 0 radical (unpaired) electrons. The molecule has 0 aromatic rings. The fourth-order valence-electron chi connectivity index (χ4n) is 1.74. The first kappa shape index (κ1) is 12.8. The molecule has 1 saturated heterocycles. The standard InChI is InChI=1S/C11H22N2OS/c1-4-12-11(2,3)10(14)13-9-6-5-7-15-8-9/h9,12H,4-8H2,1-3H3,(H,13,14). The van der Waals surface area contributed by atoms with Gasteiger partial charge in [-0.1, -0.05) is 6.92 Å². The minimum atomic E-state index is -0.448. The molecule has 88 valence electrons. The van der Waals surface area contributed by atoms with Crippen LogP contribution in [0.1, 0.15) is 33.6 Å². The first-order chi connectivity index (χ1) is 7.06. The van der Waals surface area contributed by atoms with Crippen molar-refractivity contribution in [1.29, 1.82) is 0 Å². The minimum Gasteiger partial charge on any atom is -0.351 e. The normalized spacial score (nSPS) is 22.5. The van der Waals surface area contributed by atoms with Crippen molar-refractivity contribution in [3.63, 3.8) is 0 Å². The van der Waals surface area contributed by atoms with Gasteiger partial charge in [-0.05, 0) is 39.0 Å². The van der Waals surface area contributed by atoms with Gasteiger partial charge in [0.05, 0.1) is 5.54 Å². The summed E-state index contributed by atoms with van der Waals surface area (Å²) in [4.78, 5) is 11.9. The van der Waals surface area contributed by atoms with Gasteiger partial charge in [0.25, 0.3) is 0 Å². The van der Waals surface area contributed by atoms with Gasteiger partial charge in [0.15, 0.2) is 0 Å². The third kappa shape index (κ3) is 4.03. The highest BCUT2D eigenvalue weighted by Gasteiger charge is 2.28. The van der Waals surface area contributed by atoms with Gasteiger partial charge in [-0.15, -0.1) is 0 Å². The number of likely N-dealkylation sites (N-methyl/N-ethyl adjacent to an activating group) is 1. The molecule has 0 spiro atoms. The second kappa shape index (κ2) is 5.75. The summed E-state index contributed by atoms with van der Waals surface area (Å²) in [6.45, 7) is 6.70. The van der Waals surface area contributed by atoms with Crippen LogP contribution < -0.4 is 10.6 Å². The molecule has 2 N–H and O–H groups in total. The molecule has 3 nitrogen and oxygen atoms in total. The maximum Gasteiger partial charge on any atom is 0.239 e. The summed E-state index contributed by atoms with van der Waals surface area (Å²) in [5.74, 6) is 2.42. The van der Waals surface area contributed by atoms with Crippen LogP contribution in [0.25, 0.3) is 0 Å². The summed E-state index contributed by atoms with van der Waals surface area (Å²) in [5.41, 5.74) is -0.448. The van der Waals surface area contributed by atoms with Gasteiger partial charge < -0.3 is 10.6 Å². The molecule has 1 heterocycles. The molecule has 15 heavy (non-hydrogen) atoms. The Morgan fingerprint density at radius 2 is 2.27 bits per heavy atom. The van der Waals surface area contributed by atoms with E-state index in [-0.39, 0.29) is 5.91 Å². The number of carbonyl (C=O) groups excluding carboxylic acids is 1. The zero-order chi connectivity index (χ0) is 11.3. The summed E-state index contributed by atoms with van der Waals surface area (Å²) in [5, 5.41) is 6.31. The molecule has 1 amide bonds. The van der Waals surface area contributed by atoms with Gasteiger partial charge in [0.1, 0.15) is 0 Å². The van der Waals surface area contributed by atoms with Crippen LogP contribution in [0.15, 0.2) is 0 Å². The average Bonchev–Trinajstić information content (AvgIpc) is 2.19. The third-order valence-electron chi connectivity index (χ3n) is 2.68. The summed E-state index contributed by atoms with van der Waals surface area (Å²) in [7, 11) is 0. The maximum absolute atomic E-state index is 11.9. The zero-order valence-electron chi connectivity index (χ0n) is 9.93. The topological polar surface area (TPSA) is 41.1 Å². The summed E-state index contributed by atoms with van der Waals surface area (Å²) in [6, 6.07) is 0.370. The molecular weight excluding hydrogens is 208 g/mol. The Morgan fingerprint density at radius 1 is 1.53 bits per heavy atom. The van der Waals surface area contributed by atoms with E-state index in [1.807, 2.05) is 32.5 Å². The first-order valence-corrected chi connectivity index (χ1v) is 6.85. The lowest BCUT2D eigenvalue weighted by Crippen LogP contribution is -2.55. The Balaban J connectivity index is 2.39. The smallest absolute Gasteiger partial charge is 0.239 e. The van der Waals surface area contributed by atoms with Crippen LogP contribution in [0.4, 0.5) is 0 Å². The molecule has 1 aliphatic heterocycles. The van der Waals surface area contributed by atoms with Gasteiger partial charge in [-0.3, -0.25) is 4.79 Å². The fourth-order valence-corrected chi connectivity index (χ4v) is 2.81. The van der Waals surface area contributed by atoms with Crippen LogP contribution in [0.2, 0.25) is 0 Å². The molecule has 0 bridgehead atoms. The Hall–Kier alpha value is -0.220. The quantitative estimate of drug-likeness (QED) is 0.767. The predicted octanol–water partition coefficient (Wildman–Crippen LogP) is 1.39. The largest absolute Gasteiger partial charge is 0.351 e. The maximum atomic E-state index is 11.9. The Morgan fingerprint density at radius 3 is 2.80 bits per heavy atom. The Labute approximate surface area is 96.8 Å². The lowest BCUT2D eigenvalue weighted by atomic mass is 10.0. The molecule has 0 aromatic carbocycles. The summed E-state index contributed by atoms with van der Waals surface area (Å²) < 4.78 is 0. The van der Waals surface area contributed by atoms with Crippen LogP contribution in [-0.2, 0) is 4.79 Å². The van der Waals surface area contributed by atoms with E-state index in [0.29, 0.717) is 6.04 Å². The summed E-state index contributed by atoms with van der Waals surface area (Å²) in [6.07, 6.45) is 2.35. The molecule has 1 unspecified atom stereocenters. The number of rotatable bonds is 4. The lowest BCUT2D eigenvalue weighted by Gasteiger charge is -2.29. The average molecular weight is 230 g/mol. The van der Waals surface area contributed by atoms with E-state index in [1.165, 1.54) is 12.2 Å². The number of thioether (sulfide) groups is 1. The van der Waals surface area contributed by atoms with Gasteiger partial charge in [-0.2, -0.15) is 11.8 Å². The van der Waals surface area contributed by atoms with Crippen molar-refractivity contribution >= 4 is 17.7 Å². The van der Waals surface area contributed by atoms with Crippen molar-refractivity contribution in [1.82, 2.24) is 10.6 Å². The summed E-state index contributed by atoms with van der Waals surface area (Å²) >= 11 is 1.93. The van der Waals surface area contributed by atoms with Crippen molar-refractivity contribution in [2.75, 3.05) is 18.1 Å². The minimum absolute atomic E-state index is 0.122. The molecule has 1 atom stereocenters. The van der Waals surface area contributed by atoms with Crippen LogP contribution >= 0.6 is 11.8 Å². The van der Waals surface area contributed by atoms with Crippen LogP contribution in [-0.4, -0.2) is 35.5 Å². The van der Waals surface area contributed by atoms with E-state index < -0.39 is 5.54 Å². The SMILES string of the molecule is CCNC(C)(C)C(=O)NC1CCCSC1. The lowest BCUT2D eigenvalue weighted by molar-refractivity contribution is -0.127. The highest BCUT2D eigenvalue weighted by atomic mass is 32.2. The van der Waals surface area contributed by atoms with Gasteiger partial charge >= 0.3 is 0 Å². The van der Waals surface area contributed by atoms with Crippen LogP contribution in [0, 0.1) is 0 Å². The van der Waals surface area contributed by atoms with Crippen molar-refractivity contribution in [2.45, 2.75) is 45.2 Å². The second-order valence-corrected chi connectivity index (χ2v) is 5.69. The van der Waals surface area contributed by atoms with Crippen molar-refractivity contribution in [3.05, 3.63) is 0 Å². The second-order valence-electron chi connectivity index (χ2n) is 4.54. The van der Waals surface area contributed by atoms with Crippen LogP contribution in [0.5, 0.6) is 0 Å². The van der Waals surface area contributed by atoms with Gasteiger partial charge in [0.2, 0.25) is 5.91 Å². The predicted molar refractivity (Wildman–Crippen MR) is 66.2 cm³/mol. The number of amides is 1. The highest BCUT2D eigenvalue weighted by molar-refractivity contribution is 7.99. The van der Waals surface area contributed by atoms with E-state index in [4.69, 9.17) is 0 Å². The zero-order valence-corrected chi connectivity index (χ0v) is 10.7. The monoisotopic (exact) mass is 230 g/mol. The molecule has 1 rings (SSSR count). The number of hydrogen-bond donors (Lipinski definition) is 2. The first-order valence-electron chi connectivity index (χ1n) is 5.70. The van der Waals surface area contributed by atoms with Crippen molar-refractivity contribution < 1.29 is 4.79 Å². The molecule has 1 aliphatic rings. The highest BCUT2D eigenvalue weighted by Crippen LogP contribution is 2.17. The molecular formula is C11H22N2OS. The molecule has 0 saturated carbocycles. The molecule has 4 heteroatoms.